The van der Waals surface area contributed by atoms with Crippen molar-refractivity contribution in [2.45, 2.75) is 96.2 Å². The molecule has 0 fully saturated rings. The molecule has 0 unspecified atom stereocenters. The Balaban J connectivity index is 1.60. The molecule has 0 amide bonds. The predicted octanol–water partition coefficient (Wildman–Crippen LogP) is 4.95. The van der Waals surface area contributed by atoms with E-state index >= 15 is 0 Å². The number of ether oxygens (including phenoxy) is 2. The SMILES string of the molecule is COc1cc(O)c(O)c2c1C(=O)O[C@@H]2CCCCCCCCCC(=O)CCC[C@@H](C)O. The van der Waals surface area contributed by atoms with E-state index in [-0.39, 0.29) is 34.7 Å². The number of carbonyl (C=O) groups excluding carboxylic acids is 2. The highest BCUT2D eigenvalue weighted by atomic mass is 16.6. The summed E-state index contributed by atoms with van der Waals surface area (Å²) in [6.45, 7) is 1.75. The van der Waals surface area contributed by atoms with Gasteiger partial charge in [-0.3, -0.25) is 4.79 Å². The number of rotatable bonds is 15. The number of Topliss-reactive ketones (excluding diaryl/α,β-unsaturated/α-hetero) is 1. The van der Waals surface area contributed by atoms with Crippen molar-refractivity contribution in [2.75, 3.05) is 7.11 Å². The summed E-state index contributed by atoms with van der Waals surface area (Å²) in [5.41, 5.74) is 0.517. The topological polar surface area (TPSA) is 113 Å². The van der Waals surface area contributed by atoms with Gasteiger partial charge in [0.2, 0.25) is 0 Å². The molecule has 0 saturated heterocycles. The van der Waals surface area contributed by atoms with Crippen molar-refractivity contribution in [3.63, 3.8) is 0 Å². The summed E-state index contributed by atoms with van der Waals surface area (Å²) in [6.07, 6.45) is 9.38. The third kappa shape index (κ3) is 7.42. The Morgan fingerprint density at radius 3 is 2.32 bits per heavy atom. The van der Waals surface area contributed by atoms with E-state index in [0.29, 0.717) is 31.2 Å². The minimum atomic E-state index is -0.566. The molecular weight excluding hydrogens is 400 g/mol. The van der Waals surface area contributed by atoms with E-state index in [1.54, 1.807) is 6.92 Å². The van der Waals surface area contributed by atoms with E-state index in [9.17, 15) is 24.9 Å². The number of benzene rings is 1. The van der Waals surface area contributed by atoms with Crippen molar-refractivity contribution >= 4 is 11.8 Å². The average molecular weight is 437 g/mol. The fourth-order valence-corrected chi connectivity index (χ4v) is 4.04. The highest BCUT2D eigenvalue weighted by Crippen LogP contribution is 2.48. The second-order valence-electron chi connectivity index (χ2n) is 8.42. The van der Waals surface area contributed by atoms with Crippen molar-refractivity contribution < 1.29 is 34.4 Å². The number of methoxy groups -OCH3 is 1. The Bertz CT molecular complexity index is 742. The van der Waals surface area contributed by atoms with Gasteiger partial charge in [-0.1, -0.05) is 32.1 Å². The van der Waals surface area contributed by atoms with E-state index in [2.05, 4.69) is 0 Å². The number of aliphatic hydroxyl groups excluding tert-OH is 1. The van der Waals surface area contributed by atoms with Gasteiger partial charge in [-0.15, -0.1) is 0 Å². The minimum absolute atomic E-state index is 0.197. The molecule has 1 aromatic rings. The standard InChI is InChI=1S/C24H36O7/c1-16(25)11-10-13-17(26)12-8-6-4-3-5-7-9-14-19-21-22(24(29)31-19)20(30-2)15-18(27)23(21)28/h15-16,19,25,27-28H,3-14H2,1-2H3/t16-,19-/m1/s1. The van der Waals surface area contributed by atoms with Crippen LogP contribution in [0.1, 0.15) is 106 Å². The number of esters is 1. The maximum Gasteiger partial charge on any atom is 0.343 e. The van der Waals surface area contributed by atoms with Gasteiger partial charge in [0.05, 0.1) is 18.8 Å². The summed E-state index contributed by atoms with van der Waals surface area (Å²) < 4.78 is 10.5. The van der Waals surface area contributed by atoms with Gasteiger partial charge in [0.25, 0.3) is 0 Å². The third-order valence-corrected chi connectivity index (χ3v) is 5.78. The Kier molecular flexibility index (Phi) is 10.1. The number of carbonyl (C=O) groups is 2. The molecule has 2 atom stereocenters. The molecule has 0 spiro atoms. The van der Waals surface area contributed by atoms with Crippen LogP contribution in [0.4, 0.5) is 0 Å². The van der Waals surface area contributed by atoms with Crippen LogP contribution in [0, 0.1) is 0 Å². The second kappa shape index (κ2) is 12.5. The summed E-state index contributed by atoms with van der Waals surface area (Å²) in [7, 11) is 1.40. The Labute approximate surface area is 184 Å². The van der Waals surface area contributed by atoms with Gasteiger partial charge in [-0.05, 0) is 39.0 Å². The number of cyclic esters (lactones) is 1. The van der Waals surface area contributed by atoms with E-state index in [1.807, 2.05) is 0 Å². The van der Waals surface area contributed by atoms with Crippen LogP contribution in [-0.2, 0) is 9.53 Å². The molecule has 0 saturated carbocycles. The molecule has 7 nitrogen and oxygen atoms in total. The fourth-order valence-electron chi connectivity index (χ4n) is 4.04. The fraction of sp³-hybridized carbons (Fsp3) is 0.667. The van der Waals surface area contributed by atoms with Crippen LogP contribution < -0.4 is 4.74 Å². The average Bonchev–Trinajstić information content (AvgIpc) is 3.05. The van der Waals surface area contributed by atoms with Crippen LogP contribution in [0.2, 0.25) is 0 Å². The molecule has 1 heterocycles. The van der Waals surface area contributed by atoms with Gasteiger partial charge in [0, 0.05) is 18.9 Å². The normalized spacial score (nSPS) is 16.1. The number of fused-ring (bicyclic) bond motifs is 1. The number of hydrogen-bond donors (Lipinski definition) is 3. The van der Waals surface area contributed by atoms with Crippen molar-refractivity contribution in [3.8, 4) is 17.2 Å². The molecule has 1 aliphatic rings. The van der Waals surface area contributed by atoms with Gasteiger partial charge in [0.15, 0.2) is 11.5 Å². The number of ketones is 1. The molecule has 0 radical (unpaired) electrons. The summed E-state index contributed by atoms with van der Waals surface area (Å²) in [5.74, 6) is -0.669. The van der Waals surface area contributed by atoms with E-state index in [1.165, 1.54) is 13.2 Å². The van der Waals surface area contributed by atoms with Crippen LogP contribution in [-0.4, -0.2) is 40.3 Å². The van der Waals surface area contributed by atoms with E-state index in [0.717, 1.165) is 51.4 Å². The monoisotopic (exact) mass is 436 g/mol. The number of phenolic OH excluding ortho intramolecular Hbond substituents is 2. The zero-order valence-corrected chi connectivity index (χ0v) is 18.7. The van der Waals surface area contributed by atoms with Crippen molar-refractivity contribution in [2.24, 2.45) is 0 Å². The molecule has 3 N–H and O–H groups in total. The predicted molar refractivity (Wildman–Crippen MR) is 117 cm³/mol. The Morgan fingerprint density at radius 2 is 1.68 bits per heavy atom. The van der Waals surface area contributed by atoms with E-state index in [4.69, 9.17) is 9.47 Å². The number of aliphatic hydroxyl groups is 1. The lowest BCUT2D eigenvalue weighted by molar-refractivity contribution is -0.119. The van der Waals surface area contributed by atoms with Crippen LogP contribution in [0.25, 0.3) is 0 Å². The first-order valence-corrected chi connectivity index (χ1v) is 11.4. The minimum Gasteiger partial charge on any atom is -0.504 e. The zero-order valence-electron chi connectivity index (χ0n) is 18.7. The Hall–Kier alpha value is -2.28. The zero-order chi connectivity index (χ0) is 22.8. The van der Waals surface area contributed by atoms with Crippen LogP contribution in [0.15, 0.2) is 6.07 Å². The molecule has 174 valence electrons. The highest BCUT2D eigenvalue weighted by molar-refractivity contribution is 5.98. The lowest BCUT2D eigenvalue weighted by Crippen LogP contribution is -2.03. The first-order valence-electron chi connectivity index (χ1n) is 11.4. The van der Waals surface area contributed by atoms with Crippen LogP contribution in [0.3, 0.4) is 0 Å². The molecule has 0 aromatic heterocycles. The highest BCUT2D eigenvalue weighted by Gasteiger charge is 2.38. The first kappa shape index (κ1) is 25.0. The lowest BCUT2D eigenvalue weighted by Gasteiger charge is -2.13. The summed E-state index contributed by atoms with van der Waals surface area (Å²) in [5, 5.41) is 29.3. The van der Waals surface area contributed by atoms with Crippen molar-refractivity contribution in [3.05, 3.63) is 17.2 Å². The van der Waals surface area contributed by atoms with Gasteiger partial charge in [-0.2, -0.15) is 0 Å². The number of aromatic hydroxyl groups is 2. The molecule has 1 aliphatic heterocycles. The van der Waals surface area contributed by atoms with Crippen molar-refractivity contribution in [1.82, 2.24) is 0 Å². The largest absolute Gasteiger partial charge is 0.504 e. The molecular formula is C24H36O7. The number of hydrogen-bond acceptors (Lipinski definition) is 7. The maximum absolute atomic E-state index is 12.2. The summed E-state index contributed by atoms with van der Waals surface area (Å²) in [4.78, 5) is 23.9. The molecule has 31 heavy (non-hydrogen) atoms. The molecule has 0 bridgehead atoms. The first-order chi connectivity index (χ1) is 14.8. The molecule has 7 heteroatoms. The van der Waals surface area contributed by atoms with Gasteiger partial charge in [-0.25, -0.2) is 4.79 Å². The quantitative estimate of drug-likeness (QED) is 0.202. The van der Waals surface area contributed by atoms with Crippen LogP contribution >= 0.6 is 0 Å². The third-order valence-electron chi connectivity index (χ3n) is 5.78. The lowest BCUT2D eigenvalue weighted by atomic mass is 9.97. The second-order valence-corrected chi connectivity index (χ2v) is 8.42. The maximum atomic E-state index is 12.2. The molecule has 0 aliphatic carbocycles. The number of phenols is 2. The molecule has 1 aromatic carbocycles. The van der Waals surface area contributed by atoms with Gasteiger partial charge >= 0.3 is 5.97 Å². The summed E-state index contributed by atoms with van der Waals surface area (Å²) in [6, 6.07) is 1.22. The van der Waals surface area contributed by atoms with Crippen molar-refractivity contribution in [1.29, 1.82) is 0 Å². The van der Waals surface area contributed by atoms with E-state index < -0.39 is 12.1 Å². The number of unbranched alkanes of at least 4 members (excludes halogenated alkanes) is 6. The smallest absolute Gasteiger partial charge is 0.343 e. The Morgan fingerprint density at radius 1 is 1.06 bits per heavy atom. The molecule has 2 rings (SSSR count). The van der Waals surface area contributed by atoms with Gasteiger partial charge in [0.1, 0.15) is 23.2 Å². The van der Waals surface area contributed by atoms with Gasteiger partial charge < -0.3 is 24.8 Å². The summed E-state index contributed by atoms with van der Waals surface area (Å²) >= 11 is 0. The van der Waals surface area contributed by atoms with Crippen LogP contribution in [0.5, 0.6) is 17.2 Å².